The van der Waals surface area contributed by atoms with E-state index in [9.17, 15) is 19.8 Å². The molecule has 0 aromatic heterocycles. The molecule has 0 bridgehead atoms. The standard InChI is InChI=1S/C6H10O8.Ca/c7-1(3(9)5(11)12)2(8)4(10)6(13)14;/h1-4,7-10H,(H,11,12)(H,13,14);/q;+2/p-2/t1-,2+,3-,4-;/m0./s1. The molecule has 0 aromatic rings. The number of hydrogen-bond acceptors (Lipinski definition) is 8. The summed E-state index contributed by atoms with van der Waals surface area (Å²) in [6, 6.07) is 0. The van der Waals surface area contributed by atoms with Gasteiger partial charge in [0.1, 0.15) is 24.4 Å². The maximum absolute atomic E-state index is 9.96. The quantitative estimate of drug-likeness (QED) is 0.349. The Morgan fingerprint density at radius 1 is 0.800 bits per heavy atom. The van der Waals surface area contributed by atoms with Crippen LogP contribution >= 0.6 is 0 Å². The van der Waals surface area contributed by atoms with E-state index in [1.54, 1.807) is 0 Å². The van der Waals surface area contributed by atoms with Crippen LogP contribution in [-0.4, -0.2) is 94.5 Å². The smallest absolute Gasteiger partial charge is 0.547 e. The molecule has 0 unspecified atom stereocenters. The van der Waals surface area contributed by atoms with Crippen LogP contribution in [0.25, 0.3) is 0 Å². The second-order valence-corrected chi connectivity index (χ2v) is 2.51. The van der Waals surface area contributed by atoms with Crippen LogP contribution < -0.4 is 10.2 Å². The van der Waals surface area contributed by atoms with Crippen molar-refractivity contribution in [3.63, 3.8) is 0 Å². The topological polar surface area (TPSA) is 161 Å². The molecule has 15 heavy (non-hydrogen) atoms. The SMILES string of the molecule is O=C([O-])[C@@H](O)[C@H](O)[C@H](O)[C@H](O)C(=O)[O-].[Ca+2]. The summed E-state index contributed by atoms with van der Waals surface area (Å²) < 4.78 is 0. The van der Waals surface area contributed by atoms with Gasteiger partial charge in [0, 0.05) is 0 Å². The molecule has 0 radical (unpaired) electrons. The van der Waals surface area contributed by atoms with E-state index in [4.69, 9.17) is 20.4 Å². The third-order valence-corrected chi connectivity index (χ3v) is 1.48. The van der Waals surface area contributed by atoms with Gasteiger partial charge in [0.25, 0.3) is 0 Å². The summed E-state index contributed by atoms with van der Waals surface area (Å²) in [4.78, 5) is 19.9. The molecule has 0 rings (SSSR count). The van der Waals surface area contributed by atoms with Gasteiger partial charge in [-0.2, -0.15) is 0 Å². The van der Waals surface area contributed by atoms with Gasteiger partial charge in [0.15, 0.2) is 0 Å². The maximum Gasteiger partial charge on any atom is 2.00 e. The largest absolute Gasteiger partial charge is 2.00 e. The summed E-state index contributed by atoms with van der Waals surface area (Å²) in [5.41, 5.74) is 0. The Kier molecular flexibility index (Phi) is 8.53. The molecule has 0 fully saturated rings. The van der Waals surface area contributed by atoms with Crippen LogP contribution in [0.4, 0.5) is 0 Å². The number of aliphatic carboxylic acids is 2. The second kappa shape index (κ2) is 7.34. The first kappa shape index (κ1) is 17.4. The number of carbonyl (C=O) groups is 2. The molecule has 0 aromatic carbocycles. The zero-order valence-electron chi connectivity index (χ0n) is 7.44. The van der Waals surface area contributed by atoms with Crippen molar-refractivity contribution in [1.82, 2.24) is 0 Å². The summed E-state index contributed by atoms with van der Waals surface area (Å²) in [5.74, 6) is -4.22. The van der Waals surface area contributed by atoms with Gasteiger partial charge in [-0.05, 0) is 0 Å². The molecule has 0 aliphatic rings. The van der Waals surface area contributed by atoms with Gasteiger partial charge in [-0.15, -0.1) is 0 Å². The summed E-state index contributed by atoms with van der Waals surface area (Å²) in [5, 5.41) is 54.7. The molecule has 0 heterocycles. The minimum absolute atomic E-state index is 0. The van der Waals surface area contributed by atoms with Crippen LogP contribution in [0.2, 0.25) is 0 Å². The molecule has 0 saturated carbocycles. The van der Waals surface area contributed by atoms with Crippen LogP contribution in [0.3, 0.4) is 0 Å². The summed E-state index contributed by atoms with van der Waals surface area (Å²) in [7, 11) is 0. The predicted molar refractivity (Wildman–Crippen MR) is 39.8 cm³/mol. The number of aliphatic hydroxyl groups excluding tert-OH is 4. The van der Waals surface area contributed by atoms with E-state index in [2.05, 4.69) is 0 Å². The number of carboxylic acid groups (broad SMARTS) is 2. The van der Waals surface area contributed by atoms with Gasteiger partial charge in [-0.25, -0.2) is 0 Å². The molecule has 0 amide bonds. The van der Waals surface area contributed by atoms with E-state index in [-0.39, 0.29) is 37.7 Å². The predicted octanol–water partition coefficient (Wildman–Crippen LogP) is -6.45. The molecule has 8 nitrogen and oxygen atoms in total. The van der Waals surface area contributed by atoms with Crippen molar-refractivity contribution >= 4 is 49.7 Å². The van der Waals surface area contributed by atoms with Crippen molar-refractivity contribution in [3.05, 3.63) is 0 Å². The molecule has 0 aliphatic heterocycles. The van der Waals surface area contributed by atoms with Crippen molar-refractivity contribution < 1.29 is 40.2 Å². The maximum atomic E-state index is 9.96. The molecular formula is C6H8CaO8. The van der Waals surface area contributed by atoms with Crippen LogP contribution in [0.5, 0.6) is 0 Å². The zero-order valence-corrected chi connectivity index (χ0v) is 9.65. The Balaban J connectivity index is 0. The van der Waals surface area contributed by atoms with Gasteiger partial charge < -0.3 is 40.2 Å². The van der Waals surface area contributed by atoms with Crippen LogP contribution in [0, 0.1) is 0 Å². The first-order valence-electron chi connectivity index (χ1n) is 3.43. The Morgan fingerprint density at radius 3 is 1.13 bits per heavy atom. The number of carboxylic acids is 2. The van der Waals surface area contributed by atoms with E-state index >= 15 is 0 Å². The Bertz CT molecular complexity index is 207. The van der Waals surface area contributed by atoms with Crippen LogP contribution in [0.1, 0.15) is 0 Å². The van der Waals surface area contributed by atoms with Gasteiger partial charge in [-0.3, -0.25) is 0 Å². The number of carbonyl (C=O) groups excluding carboxylic acids is 2. The fourth-order valence-corrected chi connectivity index (χ4v) is 0.652. The van der Waals surface area contributed by atoms with Gasteiger partial charge >= 0.3 is 37.7 Å². The van der Waals surface area contributed by atoms with Crippen molar-refractivity contribution in [2.24, 2.45) is 0 Å². The third-order valence-electron chi connectivity index (χ3n) is 1.48. The summed E-state index contributed by atoms with van der Waals surface area (Å²) in [6.07, 6.45) is -9.76. The molecule has 9 heteroatoms. The van der Waals surface area contributed by atoms with Crippen molar-refractivity contribution in [1.29, 1.82) is 0 Å². The summed E-state index contributed by atoms with van der Waals surface area (Å²) in [6.45, 7) is 0. The molecule has 4 N–H and O–H groups in total. The number of hydrogen-bond donors (Lipinski definition) is 4. The first-order chi connectivity index (χ1) is 6.29. The molecule has 0 saturated heterocycles. The van der Waals surface area contributed by atoms with E-state index in [1.165, 1.54) is 0 Å². The zero-order chi connectivity index (χ0) is 11.5. The molecular weight excluding hydrogens is 240 g/mol. The Morgan fingerprint density at radius 2 is 1.00 bits per heavy atom. The number of aliphatic hydroxyl groups is 4. The average molecular weight is 248 g/mol. The van der Waals surface area contributed by atoms with E-state index in [1.807, 2.05) is 0 Å². The van der Waals surface area contributed by atoms with Crippen molar-refractivity contribution in [2.45, 2.75) is 24.4 Å². The Labute approximate surface area is 114 Å². The molecule has 4 atom stereocenters. The minimum atomic E-state index is -2.50. The second-order valence-electron chi connectivity index (χ2n) is 2.51. The first-order valence-corrected chi connectivity index (χ1v) is 3.43. The summed E-state index contributed by atoms with van der Waals surface area (Å²) >= 11 is 0. The fraction of sp³-hybridized carbons (Fsp3) is 0.667. The van der Waals surface area contributed by atoms with Crippen molar-refractivity contribution in [3.8, 4) is 0 Å². The van der Waals surface area contributed by atoms with Crippen LogP contribution in [0.15, 0.2) is 0 Å². The van der Waals surface area contributed by atoms with Gasteiger partial charge in [0.05, 0.1) is 11.9 Å². The van der Waals surface area contributed by atoms with Crippen molar-refractivity contribution in [2.75, 3.05) is 0 Å². The van der Waals surface area contributed by atoms with Crippen LogP contribution in [-0.2, 0) is 9.59 Å². The molecule has 0 aliphatic carbocycles. The van der Waals surface area contributed by atoms with Gasteiger partial charge in [-0.1, -0.05) is 0 Å². The Hall–Kier alpha value is 0.0397. The minimum Gasteiger partial charge on any atom is -0.547 e. The normalized spacial score (nSPS) is 18.1. The van der Waals surface area contributed by atoms with Gasteiger partial charge in [0.2, 0.25) is 0 Å². The fourth-order valence-electron chi connectivity index (χ4n) is 0.652. The molecule has 0 spiro atoms. The number of rotatable bonds is 5. The van der Waals surface area contributed by atoms with E-state index in [0.29, 0.717) is 0 Å². The monoisotopic (exact) mass is 248 g/mol. The molecule has 82 valence electrons. The average Bonchev–Trinajstić information content (AvgIpc) is 2.12. The third kappa shape index (κ3) is 5.07. The van der Waals surface area contributed by atoms with E-state index in [0.717, 1.165) is 0 Å². The van der Waals surface area contributed by atoms with E-state index < -0.39 is 36.4 Å².